The second-order valence-electron chi connectivity index (χ2n) is 3.68. The zero-order valence-corrected chi connectivity index (χ0v) is 12.4. The summed E-state index contributed by atoms with van der Waals surface area (Å²) in [6.07, 6.45) is 4.43. The highest BCUT2D eigenvalue weighted by Gasteiger charge is 2.11. The van der Waals surface area contributed by atoms with Gasteiger partial charge in [-0.25, -0.2) is 4.68 Å². The molecule has 1 heterocycles. The van der Waals surface area contributed by atoms with Crippen LogP contribution in [0.2, 0.25) is 5.02 Å². The number of carbonyl (C=O) groups excluding carboxylic acids is 1. The molecule has 0 aliphatic carbocycles. The van der Waals surface area contributed by atoms with Crippen molar-refractivity contribution in [3.63, 3.8) is 0 Å². The summed E-state index contributed by atoms with van der Waals surface area (Å²) in [6, 6.07) is 0. The number of ether oxygens (including phenoxy) is 1. The molecule has 1 rings (SSSR count). The zero-order valence-electron chi connectivity index (χ0n) is 10.8. The smallest absolute Gasteiger partial charge is 0.327 e. The SMILES string of the molecule is COC(=O)Cn1ncc(NCCCSC)c(Cl)c1=O. The van der Waals surface area contributed by atoms with Gasteiger partial charge < -0.3 is 10.1 Å². The Kier molecular flexibility index (Phi) is 6.72. The number of aromatic nitrogens is 2. The molecule has 0 radical (unpaired) electrons. The number of halogens is 1. The summed E-state index contributed by atoms with van der Waals surface area (Å²) in [5.74, 6) is 0.476. The molecular weight excluding hydrogens is 290 g/mol. The molecule has 106 valence electrons. The van der Waals surface area contributed by atoms with Crippen LogP contribution in [0.15, 0.2) is 11.0 Å². The van der Waals surface area contributed by atoms with Gasteiger partial charge in [0.25, 0.3) is 5.56 Å². The summed E-state index contributed by atoms with van der Waals surface area (Å²) < 4.78 is 5.44. The van der Waals surface area contributed by atoms with Crippen LogP contribution in [0.1, 0.15) is 6.42 Å². The minimum absolute atomic E-state index is 0.0306. The van der Waals surface area contributed by atoms with Gasteiger partial charge in [0.1, 0.15) is 11.6 Å². The molecule has 0 spiro atoms. The Labute approximate surface area is 120 Å². The normalized spacial score (nSPS) is 10.3. The van der Waals surface area contributed by atoms with Crippen LogP contribution >= 0.6 is 23.4 Å². The minimum atomic E-state index is -0.550. The van der Waals surface area contributed by atoms with Crippen molar-refractivity contribution in [1.82, 2.24) is 9.78 Å². The first kappa shape index (κ1) is 15.8. The fourth-order valence-corrected chi connectivity index (χ4v) is 1.97. The monoisotopic (exact) mass is 305 g/mol. The van der Waals surface area contributed by atoms with Crippen molar-refractivity contribution in [2.24, 2.45) is 0 Å². The molecule has 0 amide bonds. The molecule has 0 aliphatic heterocycles. The van der Waals surface area contributed by atoms with E-state index < -0.39 is 11.5 Å². The molecule has 19 heavy (non-hydrogen) atoms. The number of anilines is 1. The molecule has 0 saturated heterocycles. The summed E-state index contributed by atoms with van der Waals surface area (Å²) in [5.41, 5.74) is -0.0316. The van der Waals surface area contributed by atoms with Crippen LogP contribution < -0.4 is 10.9 Å². The number of nitrogens with one attached hydrogen (secondary N) is 1. The van der Waals surface area contributed by atoms with Crippen molar-refractivity contribution in [3.8, 4) is 0 Å². The first-order valence-electron chi connectivity index (χ1n) is 5.65. The Balaban J connectivity index is 2.74. The number of carbonyl (C=O) groups is 1. The molecule has 0 aliphatic rings. The predicted octanol–water partition coefficient (Wildman–Crippen LogP) is 1.23. The van der Waals surface area contributed by atoms with Crippen LogP contribution in [0.3, 0.4) is 0 Å². The molecule has 1 N–H and O–H groups in total. The van der Waals surface area contributed by atoms with E-state index in [1.165, 1.54) is 13.3 Å². The average molecular weight is 306 g/mol. The number of methoxy groups -OCH3 is 1. The van der Waals surface area contributed by atoms with Crippen LogP contribution in [-0.2, 0) is 16.1 Å². The zero-order chi connectivity index (χ0) is 14.3. The van der Waals surface area contributed by atoms with E-state index in [1.54, 1.807) is 11.8 Å². The number of hydrogen-bond acceptors (Lipinski definition) is 6. The summed E-state index contributed by atoms with van der Waals surface area (Å²) in [7, 11) is 1.25. The maximum Gasteiger partial charge on any atom is 0.327 e. The van der Waals surface area contributed by atoms with E-state index in [4.69, 9.17) is 11.6 Å². The van der Waals surface area contributed by atoms with Gasteiger partial charge in [0.2, 0.25) is 0 Å². The molecular formula is C11H16ClN3O3S. The van der Waals surface area contributed by atoms with E-state index in [0.717, 1.165) is 16.9 Å². The third-order valence-corrected chi connectivity index (χ3v) is 3.39. The molecule has 0 bridgehead atoms. The highest BCUT2D eigenvalue weighted by Crippen LogP contribution is 2.15. The molecule has 6 nitrogen and oxygen atoms in total. The van der Waals surface area contributed by atoms with E-state index in [0.29, 0.717) is 12.2 Å². The lowest BCUT2D eigenvalue weighted by Crippen LogP contribution is -2.28. The van der Waals surface area contributed by atoms with E-state index in [2.05, 4.69) is 15.2 Å². The third-order valence-electron chi connectivity index (χ3n) is 2.33. The van der Waals surface area contributed by atoms with Gasteiger partial charge in [0, 0.05) is 6.54 Å². The summed E-state index contributed by atoms with van der Waals surface area (Å²) in [6.45, 7) is 0.463. The Morgan fingerprint density at radius 1 is 1.63 bits per heavy atom. The highest BCUT2D eigenvalue weighted by atomic mass is 35.5. The topological polar surface area (TPSA) is 73.2 Å². The standard InChI is InChI=1S/C11H16ClN3O3S/c1-18-9(16)7-15-11(17)10(12)8(6-14-15)13-4-3-5-19-2/h6,13H,3-5,7H2,1-2H3. The lowest BCUT2D eigenvalue weighted by atomic mass is 10.4. The summed E-state index contributed by atoms with van der Waals surface area (Å²) in [4.78, 5) is 22.9. The first-order valence-corrected chi connectivity index (χ1v) is 7.42. The van der Waals surface area contributed by atoms with Crippen LogP contribution in [0.25, 0.3) is 0 Å². The Hall–Kier alpha value is -1.21. The van der Waals surface area contributed by atoms with E-state index in [9.17, 15) is 9.59 Å². The second-order valence-corrected chi connectivity index (χ2v) is 5.05. The molecule has 0 aromatic carbocycles. The number of hydrogen-bond donors (Lipinski definition) is 1. The van der Waals surface area contributed by atoms with Crippen molar-refractivity contribution in [1.29, 1.82) is 0 Å². The number of thioether (sulfide) groups is 1. The van der Waals surface area contributed by atoms with Gasteiger partial charge >= 0.3 is 5.97 Å². The van der Waals surface area contributed by atoms with Crippen molar-refractivity contribution < 1.29 is 9.53 Å². The van der Waals surface area contributed by atoms with Gasteiger partial charge in [-0.15, -0.1) is 0 Å². The lowest BCUT2D eigenvalue weighted by Gasteiger charge is -2.09. The lowest BCUT2D eigenvalue weighted by molar-refractivity contribution is -0.141. The fourth-order valence-electron chi connectivity index (χ4n) is 1.33. The Bertz CT molecular complexity index is 493. The average Bonchev–Trinajstić information content (AvgIpc) is 2.42. The molecule has 0 fully saturated rings. The van der Waals surface area contributed by atoms with Gasteiger partial charge in [-0.3, -0.25) is 9.59 Å². The molecule has 0 unspecified atom stereocenters. The van der Waals surface area contributed by atoms with Gasteiger partial charge in [0.15, 0.2) is 0 Å². The number of rotatable bonds is 7. The third kappa shape index (κ3) is 4.76. The molecule has 8 heteroatoms. The maximum absolute atomic E-state index is 11.8. The Morgan fingerprint density at radius 2 is 2.37 bits per heavy atom. The minimum Gasteiger partial charge on any atom is -0.468 e. The van der Waals surface area contributed by atoms with Crippen molar-refractivity contribution in [2.75, 3.05) is 31.0 Å². The van der Waals surface area contributed by atoms with E-state index >= 15 is 0 Å². The summed E-state index contributed by atoms with van der Waals surface area (Å²) in [5, 5.41) is 6.95. The van der Waals surface area contributed by atoms with Crippen LogP contribution in [0.4, 0.5) is 5.69 Å². The predicted molar refractivity (Wildman–Crippen MR) is 77.0 cm³/mol. The highest BCUT2D eigenvalue weighted by molar-refractivity contribution is 7.98. The van der Waals surface area contributed by atoms with Gasteiger partial charge in [0.05, 0.1) is 19.0 Å². The summed E-state index contributed by atoms with van der Waals surface area (Å²) >= 11 is 7.69. The number of esters is 1. The fraction of sp³-hybridized carbons (Fsp3) is 0.545. The Morgan fingerprint density at radius 3 is 3.00 bits per heavy atom. The maximum atomic E-state index is 11.8. The van der Waals surface area contributed by atoms with Crippen LogP contribution in [0.5, 0.6) is 0 Å². The molecule has 0 atom stereocenters. The largest absolute Gasteiger partial charge is 0.468 e. The van der Waals surface area contributed by atoms with Crippen LogP contribution in [0, 0.1) is 0 Å². The molecule has 1 aromatic rings. The first-order chi connectivity index (χ1) is 9.10. The quantitative estimate of drug-likeness (QED) is 0.603. The molecule has 0 saturated carbocycles. The van der Waals surface area contributed by atoms with Crippen molar-refractivity contribution >= 4 is 35.0 Å². The van der Waals surface area contributed by atoms with Gasteiger partial charge in [-0.1, -0.05) is 11.6 Å². The van der Waals surface area contributed by atoms with Crippen molar-refractivity contribution in [3.05, 3.63) is 21.6 Å². The van der Waals surface area contributed by atoms with Gasteiger partial charge in [-0.05, 0) is 18.4 Å². The van der Waals surface area contributed by atoms with Crippen molar-refractivity contribution in [2.45, 2.75) is 13.0 Å². The van der Waals surface area contributed by atoms with Crippen LogP contribution in [-0.4, -0.2) is 41.4 Å². The van der Waals surface area contributed by atoms with E-state index in [-0.39, 0.29) is 11.6 Å². The second kappa shape index (κ2) is 8.06. The number of nitrogens with zero attached hydrogens (tertiary/aromatic N) is 2. The van der Waals surface area contributed by atoms with E-state index in [1.807, 2.05) is 6.26 Å². The van der Waals surface area contributed by atoms with Gasteiger partial charge in [-0.2, -0.15) is 16.9 Å². The molecule has 1 aromatic heterocycles.